The minimum absolute atomic E-state index is 0.330. The summed E-state index contributed by atoms with van der Waals surface area (Å²) < 4.78 is 5.15. The van der Waals surface area contributed by atoms with Gasteiger partial charge in [0.05, 0.1) is 11.8 Å². The lowest BCUT2D eigenvalue weighted by atomic mass is 10.2. The molecule has 8 nitrogen and oxygen atoms in total. The predicted molar refractivity (Wildman–Crippen MR) is 104 cm³/mol. The van der Waals surface area contributed by atoms with E-state index in [-0.39, 0.29) is 12.2 Å². The number of rotatable bonds is 2. The smallest absolute Gasteiger partial charge is 0.410 e. The summed E-state index contributed by atoms with van der Waals surface area (Å²) in [5, 5.41) is 9.20. The molecule has 1 amide bonds. The van der Waals surface area contributed by atoms with Crippen molar-refractivity contribution < 1.29 is 14.6 Å². The van der Waals surface area contributed by atoms with Crippen LogP contribution in [0.3, 0.4) is 0 Å². The lowest BCUT2D eigenvalue weighted by molar-refractivity contribution is 0.0270. The maximum atomic E-state index is 11.4. The van der Waals surface area contributed by atoms with Gasteiger partial charge in [0, 0.05) is 37.2 Å². The molecule has 1 atom stereocenters. The maximum absolute atomic E-state index is 11.4. The van der Waals surface area contributed by atoms with E-state index >= 15 is 0 Å². The first kappa shape index (κ1) is 23.7. The van der Waals surface area contributed by atoms with Crippen molar-refractivity contribution >= 4 is 11.8 Å². The summed E-state index contributed by atoms with van der Waals surface area (Å²) in [6.45, 7) is 10.5. The fourth-order valence-corrected chi connectivity index (χ4v) is 1.94. The summed E-state index contributed by atoms with van der Waals surface area (Å²) in [6.07, 6.45) is 4.81. The number of carbonyl (C=O) groups excluding carboxylic acids is 1. The number of likely N-dealkylation sites (tertiary alicyclic amines) is 1. The SMILES string of the molecule is CC.CC(C)(C)OC(=O)N1CCC(O)C1.NN/C=C(\N)c1cccnc1. The first-order valence-corrected chi connectivity index (χ1v) is 8.71. The van der Waals surface area contributed by atoms with Crippen molar-refractivity contribution in [2.24, 2.45) is 11.6 Å². The van der Waals surface area contributed by atoms with Gasteiger partial charge in [0.15, 0.2) is 0 Å². The van der Waals surface area contributed by atoms with E-state index in [1.165, 1.54) is 11.1 Å². The van der Waals surface area contributed by atoms with E-state index in [0.717, 1.165) is 5.56 Å². The zero-order chi connectivity index (χ0) is 20.2. The number of amides is 1. The van der Waals surface area contributed by atoms with E-state index in [1.54, 1.807) is 12.4 Å². The van der Waals surface area contributed by atoms with Gasteiger partial charge in [-0.2, -0.15) is 0 Å². The van der Waals surface area contributed by atoms with Crippen LogP contribution in [-0.2, 0) is 4.74 Å². The Kier molecular flexibility index (Phi) is 11.0. The normalized spacial score (nSPS) is 16.7. The molecule has 2 heterocycles. The van der Waals surface area contributed by atoms with Crippen LogP contribution in [0.4, 0.5) is 4.79 Å². The molecule has 1 aromatic rings. The second kappa shape index (κ2) is 12.1. The molecule has 0 radical (unpaired) electrons. The molecule has 1 saturated heterocycles. The first-order chi connectivity index (χ1) is 12.2. The number of ether oxygens (including phenoxy) is 1. The van der Waals surface area contributed by atoms with Gasteiger partial charge in [-0.1, -0.05) is 13.8 Å². The number of hydrogen-bond acceptors (Lipinski definition) is 7. The molecule has 0 spiro atoms. The average molecular weight is 367 g/mol. The summed E-state index contributed by atoms with van der Waals surface area (Å²) in [7, 11) is 0. The van der Waals surface area contributed by atoms with Crippen molar-refractivity contribution in [2.75, 3.05) is 13.1 Å². The van der Waals surface area contributed by atoms with Crippen LogP contribution in [0, 0.1) is 0 Å². The minimum Gasteiger partial charge on any atom is -0.444 e. The molecule has 8 heteroatoms. The van der Waals surface area contributed by atoms with Gasteiger partial charge in [-0.25, -0.2) is 4.79 Å². The van der Waals surface area contributed by atoms with Gasteiger partial charge in [-0.3, -0.25) is 10.8 Å². The third kappa shape index (κ3) is 9.85. The highest BCUT2D eigenvalue weighted by Crippen LogP contribution is 2.14. The van der Waals surface area contributed by atoms with Crippen molar-refractivity contribution in [1.29, 1.82) is 0 Å². The van der Waals surface area contributed by atoms with Crippen LogP contribution in [0.5, 0.6) is 0 Å². The molecule has 1 unspecified atom stereocenters. The summed E-state index contributed by atoms with van der Waals surface area (Å²) in [5.74, 6) is 5.04. The Labute approximate surface area is 156 Å². The largest absolute Gasteiger partial charge is 0.444 e. The fraction of sp³-hybridized carbons (Fsp3) is 0.556. The molecule has 1 aliphatic rings. The standard InChI is InChI=1S/C9H17NO3.C7H10N4.C2H6/c1-9(2,3)13-8(12)10-5-4-7(11)6-10;8-7(5-11-9)6-2-1-3-10-4-6;1-2/h7,11H,4-6H2,1-3H3;1-5,11H,8-9H2;1-2H3/b;7-5-;. The molecule has 2 rings (SSSR count). The number of pyridine rings is 1. The van der Waals surface area contributed by atoms with Crippen molar-refractivity contribution in [3.63, 3.8) is 0 Å². The number of β-amino-alcohol motifs (C(OH)–C–C–N with tert-alkyl or cyclic N) is 1. The highest BCUT2D eigenvalue weighted by Gasteiger charge is 2.28. The van der Waals surface area contributed by atoms with E-state index in [0.29, 0.717) is 25.2 Å². The molecule has 0 aromatic carbocycles. The topological polar surface area (TPSA) is 127 Å². The van der Waals surface area contributed by atoms with Crippen LogP contribution in [0.25, 0.3) is 5.70 Å². The van der Waals surface area contributed by atoms with E-state index in [4.69, 9.17) is 16.3 Å². The molecule has 6 N–H and O–H groups in total. The number of nitrogens with one attached hydrogen (secondary N) is 1. The minimum atomic E-state index is -0.454. The molecule has 0 saturated carbocycles. The van der Waals surface area contributed by atoms with Crippen molar-refractivity contribution in [2.45, 2.75) is 52.7 Å². The van der Waals surface area contributed by atoms with Crippen LogP contribution in [-0.4, -0.2) is 45.9 Å². The molecule has 1 aromatic heterocycles. The molecule has 148 valence electrons. The second-order valence-electron chi connectivity index (χ2n) is 6.38. The Balaban J connectivity index is 0.000000444. The van der Waals surface area contributed by atoms with Crippen LogP contribution in [0.1, 0.15) is 46.6 Å². The van der Waals surface area contributed by atoms with Crippen LogP contribution in [0.2, 0.25) is 0 Å². The van der Waals surface area contributed by atoms with Crippen molar-refractivity contribution in [3.05, 3.63) is 36.3 Å². The molecule has 0 aliphatic carbocycles. The Morgan fingerprint density at radius 2 is 2.12 bits per heavy atom. The molecule has 26 heavy (non-hydrogen) atoms. The number of aliphatic hydroxyl groups is 1. The molecule has 1 aliphatic heterocycles. The molecule has 0 bridgehead atoms. The Morgan fingerprint density at radius 3 is 2.54 bits per heavy atom. The number of carbonyl (C=O) groups is 1. The van der Waals surface area contributed by atoms with Gasteiger partial charge in [-0.15, -0.1) is 0 Å². The van der Waals surface area contributed by atoms with Crippen LogP contribution in [0.15, 0.2) is 30.7 Å². The van der Waals surface area contributed by atoms with Crippen molar-refractivity contribution in [3.8, 4) is 0 Å². The number of aromatic nitrogens is 1. The van der Waals surface area contributed by atoms with Crippen LogP contribution >= 0.6 is 0 Å². The maximum Gasteiger partial charge on any atom is 0.410 e. The van der Waals surface area contributed by atoms with Crippen LogP contribution < -0.4 is 17.0 Å². The summed E-state index contributed by atoms with van der Waals surface area (Å²) in [4.78, 5) is 16.8. The van der Waals surface area contributed by atoms with Gasteiger partial charge < -0.3 is 25.9 Å². The number of nitrogens with two attached hydrogens (primary N) is 2. The third-order valence-electron chi connectivity index (χ3n) is 3.05. The molecule has 1 fully saturated rings. The zero-order valence-electron chi connectivity index (χ0n) is 16.4. The first-order valence-electron chi connectivity index (χ1n) is 8.71. The van der Waals surface area contributed by atoms with E-state index in [1.807, 2.05) is 46.8 Å². The van der Waals surface area contributed by atoms with Gasteiger partial charge >= 0.3 is 6.09 Å². The number of hydrogen-bond donors (Lipinski definition) is 4. The predicted octanol–water partition coefficient (Wildman–Crippen LogP) is 1.82. The van der Waals surface area contributed by atoms with E-state index in [2.05, 4.69) is 10.4 Å². The number of aliphatic hydroxyl groups excluding tert-OH is 1. The Morgan fingerprint density at radius 1 is 1.46 bits per heavy atom. The van der Waals surface area contributed by atoms with E-state index in [9.17, 15) is 9.90 Å². The van der Waals surface area contributed by atoms with Gasteiger partial charge in [-0.05, 0) is 39.3 Å². The number of nitrogens with zero attached hydrogens (tertiary/aromatic N) is 2. The number of hydrazine groups is 1. The van der Waals surface area contributed by atoms with Gasteiger partial charge in [0.1, 0.15) is 5.60 Å². The highest BCUT2D eigenvalue weighted by molar-refractivity contribution is 5.68. The summed E-state index contributed by atoms with van der Waals surface area (Å²) in [6, 6.07) is 3.67. The lowest BCUT2D eigenvalue weighted by Gasteiger charge is -2.24. The summed E-state index contributed by atoms with van der Waals surface area (Å²) >= 11 is 0. The van der Waals surface area contributed by atoms with E-state index < -0.39 is 5.60 Å². The zero-order valence-corrected chi connectivity index (χ0v) is 16.4. The van der Waals surface area contributed by atoms with Gasteiger partial charge in [0.25, 0.3) is 0 Å². The monoisotopic (exact) mass is 367 g/mol. The van der Waals surface area contributed by atoms with Crippen molar-refractivity contribution in [1.82, 2.24) is 15.3 Å². The fourth-order valence-electron chi connectivity index (χ4n) is 1.94. The molecular formula is C18H33N5O3. The third-order valence-corrected chi connectivity index (χ3v) is 3.05. The lowest BCUT2D eigenvalue weighted by Crippen LogP contribution is -2.35. The summed E-state index contributed by atoms with van der Waals surface area (Å²) in [5.41, 5.74) is 8.90. The Bertz CT molecular complexity index is 544. The Hall–Kier alpha value is -2.32. The average Bonchev–Trinajstić information content (AvgIpc) is 3.04. The second-order valence-corrected chi connectivity index (χ2v) is 6.38. The molecular weight excluding hydrogens is 334 g/mol. The highest BCUT2D eigenvalue weighted by atomic mass is 16.6. The quantitative estimate of drug-likeness (QED) is 0.464. The van der Waals surface area contributed by atoms with Gasteiger partial charge in [0.2, 0.25) is 0 Å².